The monoisotopic (exact) mass is 369 g/mol. The molecule has 0 aliphatic rings. The number of aryl methyl sites for hydroxylation is 2. The number of halogens is 1. The van der Waals surface area contributed by atoms with Crippen LogP contribution in [0.3, 0.4) is 0 Å². The highest BCUT2D eigenvalue weighted by Crippen LogP contribution is 2.18. The van der Waals surface area contributed by atoms with E-state index in [0.29, 0.717) is 10.9 Å². The van der Waals surface area contributed by atoms with Gasteiger partial charge in [-0.15, -0.1) is 0 Å². The molecule has 2 aromatic carbocycles. The second kappa shape index (κ2) is 6.99. The van der Waals surface area contributed by atoms with Crippen molar-refractivity contribution in [2.24, 2.45) is 7.05 Å². The smallest absolute Gasteiger partial charge is 0.330 e. The molecule has 1 atom stereocenters. The first-order chi connectivity index (χ1) is 12.8. The lowest BCUT2D eigenvalue weighted by atomic mass is 10.0. The van der Waals surface area contributed by atoms with Gasteiger partial charge in [-0.2, -0.15) is 5.10 Å². The zero-order valence-corrected chi connectivity index (χ0v) is 14.6. The Morgan fingerprint density at radius 1 is 1.22 bits per heavy atom. The summed E-state index contributed by atoms with van der Waals surface area (Å²) in [7, 11) is 1.58. The van der Waals surface area contributed by atoms with E-state index in [-0.39, 0.29) is 11.1 Å². The average molecular weight is 369 g/mol. The molecular formula is C19H16FN3O4. The van der Waals surface area contributed by atoms with Gasteiger partial charge in [0.1, 0.15) is 5.82 Å². The number of nitrogens with zero attached hydrogens (tertiary/aromatic N) is 2. The van der Waals surface area contributed by atoms with Gasteiger partial charge in [-0.25, -0.2) is 9.18 Å². The summed E-state index contributed by atoms with van der Waals surface area (Å²) >= 11 is 0. The van der Waals surface area contributed by atoms with E-state index in [9.17, 15) is 23.9 Å². The number of carbonyl (C=O) groups is 2. The number of aliphatic carboxylic acids is 1. The van der Waals surface area contributed by atoms with E-state index >= 15 is 0 Å². The zero-order valence-electron chi connectivity index (χ0n) is 14.6. The third kappa shape index (κ3) is 3.41. The maximum atomic E-state index is 13.4. The number of rotatable bonds is 4. The summed E-state index contributed by atoms with van der Waals surface area (Å²) in [5.74, 6) is -2.75. The van der Waals surface area contributed by atoms with Gasteiger partial charge < -0.3 is 10.4 Å². The first kappa shape index (κ1) is 18.2. The molecule has 1 amide bonds. The van der Waals surface area contributed by atoms with Crippen LogP contribution in [0.4, 0.5) is 4.39 Å². The Hall–Kier alpha value is -3.55. The molecule has 0 saturated carbocycles. The second-order valence-electron chi connectivity index (χ2n) is 6.07. The number of fused-ring (bicyclic) bond motifs is 1. The fourth-order valence-corrected chi connectivity index (χ4v) is 2.81. The number of hydrogen-bond acceptors (Lipinski definition) is 4. The number of carboxylic acids is 1. The molecule has 3 rings (SSSR count). The topological polar surface area (TPSA) is 101 Å². The molecule has 1 unspecified atom stereocenters. The van der Waals surface area contributed by atoms with Crippen molar-refractivity contribution in [3.63, 3.8) is 0 Å². The molecule has 0 spiro atoms. The molecule has 0 bridgehead atoms. The Bertz CT molecular complexity index is 1120. The zero-order chi connectivity index (χ0) is 19.7. The summed E-state index contributed by atoms with van der Waals surface area (Å²) in [5, 5.41) is 16.0. The van der Waals surface area contributed by atoms with Gasteiger partial charge in [0.2, 0.25) is 5.43 Å². The van der Waals surface area contributed by atoms with Crippen molar-refractivity contribution in [2.45, 2.75) is 13.0 Å². The molecule has 27 heavy (non-hydrogen) atoms. The van der Waals surface area contributed by atoms with Gasteiger partial charge in [0.15, 0.2) is 11.7 Å². The number of hydrogen-bond donors (Lipinski definition) is 2. The van der Waals surface area contributed by atoms with Crippen LogP contribution in [0.15, 0.2) is 47.3 Å². The third-order valence-electron chi connectivity index (χ3n) is 4.22. The highest BCUT2D eigenvalue weighted by atomic mass is 19.1. The second-order valence-corrected chi connectivity index (χ2v) is 6.07. The van der Waals surface area contributed by atoms with Crippen molar-refractivity contribution in [1.82, 2.24) is 15.1 Å². The molecule has 0 aliphatic heterocycles. The number of aromatic nitrogens is 2. The van der Waals surface area contributed by atoms with E-state index < -0.39 is 34.9 Å². The third-order valence-corrected chi connectivity index (χ3v) is 4.22. The van der Waals surface area contributed by atoms with Gasteiger partial charge in [0.25, 0.3) is 5.91 Å². The molecule has 8 heteroatoms. The summed E-state index contributed by atoms with van der Waals surface area (Å²) in [4.78, 5) is 36.8. The number of nitrogens with one attached hydrogen (secondary N) is 1. The normalized spacial score (nSPS) is 12.0. The molecule has 0 radical (unpaired) electrons. The fraction of sp³-hybridized carbons (Fsp3) is 0.158. The Kier molecular flexibility index (Phi) is 4.72. The Balaban J connectivity index is 2.01. The molecule has 138 valence electrons. The lowest BCUT2D eigenvalue weighted by Gasteiger charge is -2.16. The maximum Gasteiger partial charge on any atom is 0.330 e. The highest BCUT2D eigenvalue weighted by Gasteiger charge is 2.26. The Morgan fingerprint density at radius 3 is 2.59 bits per heavy atom. The number of amides is 1. The minimum Gasteiger partial charge on any atom is -0.479 e. The predicted octanol–water partition coefficient (Wildman–Crippen LogP) is 1.94. The van der Waals surface area contributed by atoms with Crippen LogP contribution in [0, 0.1) is 12.7 Å². The van der Waals surface area contributed by atoms with Crippen molar-refractivity contribution in [3.05, 3.63) is 75.3 Å². The SMILES string of the molecule is Cc1cc(C(NC(=O)c2nn(C)c3ccccc3c2=O)C(=O)O)ccc1F. The van der Waals surface area contributed by atoms with Crippen LogP contribution in [0.5, 0.6) is 0 Å². The van der Waals surface area contributed by atoms with Gasteiger partial charge in [-0.05, 0) is 36.2 Å². The molecule has 7 nitrogen and oxygen atoms in total. The van der Waals surface area contributed by atoms with Gasteiger partial charge in [-0.1, -0.05) is 24.3 Å². The van der Waals surface area contributed by atoms with Gasteiger partial charge in [-0.3, -0.25) is 14.3 Å². The van der Waals surface area contributed by atoms with E-state index in [1.165, 1.54) is 23.7 Å². The first-order valence-corrected chi connectivity index (χ1v) is 8.05. The quantitative estimate of drug-likeness (QED) is 0.732. The van der Waals surface area contributed by atoms with Crippen LogP contribution >= 0.6 is 0 Å². The maximum absolute atomic E-state index is 13.4. The largest absolute Gasteiger partial charge is 0.479 e. The van der Waals surface area contributed by atoms with E-state index in [0.717, 1.165) is 6.07 Å². The molecule has 0 fully saturated rings. The van der Waals surface area contributed by atoms with Crippen molar-refractivity contribution >= 4 is 22.8 Å². The lowest BCUT2D eigenvalue weighted by molar-refractivity contribution is -0.139. The van der Waals surface area contributed by atoms with Crippen LogP contribution in [0.2, 0.25) is 0 Å². The van der Waals surface area contributed by atoms with E-state index in [1.807, 2.05) is 0 Å². The van der Waals surface area contributed by atoms with Crippen LogP contribution in [-0.2, 0) is 11.8 Å². The predicted molar refractivity (Wildman–Crippen MR) is 96.0 cm³/mol. The molecule has 2 N–H and O–H groups in total. The highest BCUT2D eigenvalue weighted by molar-refractivity contribution is 5.97. The van der Waals surface area contributed by atoms with Gasteiger partial charge in [0, 0.05) is 12.4 Å². The van der Waals surface area contributed by atoms with Crippen LogP contribution in [0.25, 0.3) is 10.9 Å². The van der Waals surface area contributed by atoms with Crippen LogP contribution in [-0.4, -0.2) is 26.8 Å². The Morgan fingerprint density at radius 2 is 1.93 bits per heavy atom. The van der Waals surface area contributed by atoms with Crippen molar-refractivity contribution in [3.8, 4) is 0 Å². The van der Waals surface area contributed by atoms with Crippen molar-refractivity contribution < 1.29 is 19.1 Å². The first-order valence-electron chi connectivity index (χ1n) is 8.05. The van der Waals surface area contributed by atoms with E-state index in [1.54, 1.807) is 31.3 Å². The summed E-state index contributed by atoms with van der Waals surface area (Å²) in [5.41, 5.74) is -0.0370. The van der Waals surface area contributed by atoms with Crippen LogP contribution < -0.4 is 10.7 Å². The molecular weight excluding hydrogens is 353 g/mol. The van der Waals surface area contributed by atoms with Crippen molar-refractivity contribution in [2.75, 3.05) is 0 Å². The molecule has 1 aromatic heterocycles. The molecule has 3 aromatic rings. The molecule has 1 heterocycles. The summed E-state index contributed by atoms with van der Waals surface area (Å²) in [6, 6.07) is 8.93. The standard InChI is InChI=1S/C19H16FN3O4/c1-10-9-11(7-8-13(10)20)15(19(26)27)21-18(25)16-17(24)12-5-3-4-6-14(12)23(2)22-16/h3-9,15H,1-2H3,(H,21,25)(H,26,27). The number of para-hydroxylation sites is 1. The average Bonchev–Trinajstić information content (AvgIpc) is 2.64. The summed E-state index contributed by atoms with van der Waals surface area (Å²) in [6.45, 7) is 1.49. The van der Waals surface area contributed by atoms with E-state index in [4.69, 9.17) is 0 Å². The number of benzene rings is 2. The van der Waals surface area contributed by atoms with E-state index in [2.05, 4.69) is 10.4 Å². The Labute approximate surface area is 153 Å². The summed E-state index contributed by atoms with van der Waals surface area (Å²) < 4.78 is 14.8. The minimum atomic E-state index is -1.45. The lowest BCUT2D eigenvalue weighted by Crippen LogP contribution is -2.37. The van der Waals surface area contributed by atoms with Crippen LogP contribution in [0.1, 0.15) is 27.7 Å². The molecule has 0 aliphatic carbocycles. The summed E-state index contributed by atoms with van der Waals surface area (Å²) in [6.07, 6.45) is 0. The van der Waals surface area contributed by atoms with Gasteiger partial charge >= 0.3 is 5.97 Å². The fourth-order valence-electron chi connectivity index (χ4n) is 2.81. The van der Waals surface area contributed by atoms with Gasteiger partial charge in [0.05, 0.1) is 5.52 Å². The molecule has 0 saturated heterocycles. The number of carboxylic acid groups (broad SMARTS) is 1. The minimum absolute atomic E-state index is 0.187. The number of carbonyl (C=O) groups excluding carboxylic acids is 1. The van der Waals surface area contributed by atoms with Crippen molar-refractivity contribution in [1.29, 1.82) is 0 Å².